The second-order valence-electron chi connectivity index (χ2n) is 3.89. The number of aromatic nitrogens is 1. The third kappa shape index (κ3) is 3.68. The van der Waals surface area contributed by atoms with Crippen molar-refractivity contribution in [3.8, 4) is 12.1 Å². The lowest BCUT2D eigenvalue weighted by molar-refractivity contribution is 0.303. The van der Waals surface area contributed by atoms with Crippen molar-refractivity contribution in [2.24, 2.45) is 5.92 Å². The molecule has 4 heteroatoms. The molecule has 0 aliphatic carbocycles. The van der Waals surface area contributed by atoms with Crippen molar-refractivity contribution < 1.29 is 0 Å². The maximum atomic E-state index is 8.71. The van der Waals surface area contributed by atoms with Gasteiger partial charge < -0.3 is 4.90 Å². The van der Waals surface area contributed by atoms with Crippen LogP contribution >= 0.6 is 0 Å². The summed E-state index contributed by atoms with van der Waals surface area (Å²) in [5, 5.41) is 17.4. The fourth-order valence-corrected chi connectivity index (χ4v) is 1.52. The molecule has 1 heterocycles. The number of hydrogen-bond acceptors (Lipinski definition) is 4. The highest BCUT2D eigenvalue weighted by Crippen LogP contribution is 2.06. The van der Waals surface area contributed by atoms with Gasteiger partial charge in [0.2, 0.25) is 0 Å². The van der Waals surface area contributed by atoms with Crippen LogP contribution in [0.3, 0.4) is 0 Å². The van der Waals surface area contributed by atoms with Gasteiger partial charge in [0, 0.05) is 19.3 Å². The van der Waals surface area contributed by atoms with E-state index in [1.54, 1.807) is 12.3 Å². The summed E-state index contributed by atoms with van der Waals surface area (Å²) in [4.78, 5) is 5.97. The van der Waals surface area contributed by atoms with E-state index >= 15 is 0 Å². The van der Waals surface area contributed by atoms with Gasteiger partial charge in [-0.25, -0.2) is 4.98 Å². The molecule has 1 rings (SSSR count). The fourth-order valence-electron chi connectivity index (χ4n) is 1.52. The zero-order valence-electron chi connectivity index (χ0n) is 9.51. The van der Waals surface area contributed by atoms with Gasteiger partial charge in [0.25, 0.3) is 0 Å². The van der Waals surface area contributed by atoms with Crippen molar-refractivity contribution in [3.63, 3.8) is 0 Å². The molecular weight excluding hydrogens is 200 g/mol. The molecule has 0 saturated carbocycles. The number of pyridine rings is 1. The van der Waals surface area contributed by atoms with E-state index in [1.165, 1.54) is 0 Å². The number of hydrogen-bond donors (Lipinski definition) is 0. The summed E-state index contributed by atoms with van der Waals surface area (Å²) in [5.74, 6) is 0.0160. The van der Waals surface area contributed by atoms with E-state index in [0.29, 0.717) is 5.69 Å². The van der Waals surface area contributed by atoms with Crippen LogP contribution in [-0.4, -0.2) is 23.5 Å². The molecule has 1 atom stereocenters. The van der Waals surface area contributed by atoms with Gasteiger partial charge in [0.15, 0.2) is 0 Å². The monoisotopic (exact) mass is 214 g/mol. The van der Waals surface area contributed by atoms with Gasteiger partial charge in [-0.1, -0.05) is 0 Å². The first-order chi connectivity index (χ1) is 7.65. The average molecular weight is 214 g/mol. The van der Waals surface area contributed by atoms with E-state index in [9.17, 15) is 0 Å². The minimum atomic E-state index is 0.0160. The Kier molecular flexibility index (Phi) is 4.44. The van der Waals surface area contributed by atoms with Crippen LogP contribution < -0.4 is 0 Å². The predicted octanol–water partition coefficient (Wildman–Crippen LogP) is 1.54. The van der Waals surface area contributed by atoms with E-state index < -0.39 is 0 Å². The minimum absolute atomic E-state index is 0.0160. The summed E-state index contributed by atoms with van der Waals surface area (Å²) in [6, 6.07) is 7.86. The van der Waals surface area contributed by atoms with Crippen molar-refractivity contribution in [3.05, 3.63) is 29.6 Å². The van der Waals surface area contributed by atoms with Gasteiger partial charge in [-0.05, 0) is 31.7 Å². The molecule has 0 N–H and O–H groups in total. The van der Waals surface area contributed by atoms with Crippen LogP contribution in [0.2, 0.25) is 0 Å². The lowest BCUT2D eigenvalue weighted by Crippen LogP contribution is -2.23. The Labute approximate surface area is 95.8 Å². The van der Waals surface area contributed by atoms with Crippen molar-refractivity contribution >= 4 is 0 Å². The van der Waals surface area contributed by atoms with E-state index in [-0.39, 0.29) is 5.92 Å². The van der Waals surface area contributed by atoms with Crippen LogP contribution in [0.5, 0.6) is 0 Å². The maximum Gasteiger partial charge on any atom is 0.140 e. The minimum Gasteiger partial charge on any atom is -0.301 e. The first-order valence-electron chi connectivity index (χ1n) is 5.09. The Morgan fingerprint density at radius 3 is 2.88 bits per heavy atom. The number of nitriles is 2. The average Bonchev–Trinajstić information content (AvgIpc) is 2.28. The highest BCUT2D eigenvalue weighted by molar-refractivity contribution is 5.25. The first-order valence-corrected chi connectivity index (χ1v) is 5.09. The van der Waals surface area contributed by atoms with E-state index in [1.807, 2.05) is 26.1 Å². The lowest BCUT2D eigenvalue weighted by Gasteiger charge is -2.17. The molecule has 0 aliphatic rings. The summed E-state index contributed by atoms with van der Waals surface area (Å²) in [5.41, 5.74) is 1.47. The molecule has 0 radical (unpaired) electrons. The van der Waals surface area contributed by atoms with Crippen molar-refractivity contribution in [2.75, 3.05) is 13.6 Å². The molecule has 82 valence electrons. The van der Waals surface area contributed by atoms with Crippen molar-refractivity contribution in [1.29, 1.82) is 10.5 Å². The van der Waals surface area contributed by atoms with E-state index in [4.69, 9.17) is 10.5 Å². The van der Waals surface area contributed by atoms with E-state index in [0.717, 1.165) is 18.7 Å². The van der Waals surface area contributed by atoms with Crippen LogP contribution in [-0.2, 0) is 6.54 Å². The SMILES string of the molecule is CC(C#N)CN(C)Cc1ccnc(C#N)c1. The third-order valence-electron chi connectivity index (χ3n) is 2.20. The fraction of sp³-hybridized carbons (Fsp3) is 0.417. The van der Waals surface area contributed by atoms with Crippen LogP contribution in [0.1, 0.15) is 18.2 Å². The number of nitrogens with zero attached hydrogens (tertiary/aromatic N) is 4. The third-order valence-corrected chi connectivity index (χ3v) is 2.20. The van der Waals surface area contributed by atoms with Gasteiger partial charge in [0.05, 0.1) is 12.0 Å². The highest BCUT2D eigenvalue weighted by Gasteiger charge is 2.06. The zero-order valence-corrected chi connectivity index (χ0v) is 9.51. The quantitative estimate of drug-likeness (QED) is 0.762. The van der Waals surface area contributed by atoms with Crippen LogP contribution in [0.4, 0.5) is 0 Å². The zero-order chi connectivity index (χ0) is 12.0. The van der Waals surface area contributed by atoms with Gasteiger partial charge in [-0.3, -0.25) is 0 Å². The second-order valence-corrected chi connectivity index (χ2v) is 3.89. The standard InChI is InChI=1S/C12H14N4/c1-10(6-13)8-16(2)9-11-3-4-15-12(5-11)7-14/h3-5,10H,8-9H2,1-2H3. The predicted molar refractivity (Wildman–Crippen MR) is 60.1 cm³/mol. The van der Waals surface area contributed by atoms with Gasteiger partial charge in [0.1, 0.15) is 11.8 Å². The van der Waals surface area contributed by atoms with Crippen molar-refractivity contribution in [1.82, 2.24) is 9.88 Å². The highest BCUT2D eigenvalue weighted by atomic mass is 15.1. The Bertz CT molecular complexity index is 427. The Morgan fingerprint density at radius 1 is 1.50 bits per heavy atom. The lowest BCUT2D eigenvalue weighted by atomic mass is 10.1. The molecule has 0 aliphatic heterocycles. The summed E-state index contributed by atoms with van der Waals surface area (Å²) >= 11 is 0. The summed E-state index contributed by atoms with van der Waals surface area (Å²) in [7, 11) is 1.96. The van der Waals surface area contributed by atoms with E-state index in [2.05, 4.69) is 16.0 Å². The molecule has 1 aromatic rings. The Morgan fingerprint density at radius 2 is 2.25 bits per heavy atom. The largest absolute Gasteiger partial charge is 0.301 e. The molecule has 0 amide bonds. The van der Waals surface area contributed by atoms with Gasteiger partial charge in [-0.2, -0.15) is 10.5 Å². The second kappa shape index (κ2) is 5.85. The molecule has 0 fully saturated rings. The topological polar surface area (TPSA) is 63.7 Å². The molecule has 1 aromatic heterocycles. The van der Waals surface area contributed by atoms with Gasteiger partial charge in [-0.15, -0.1) is 0 Å². The van der Waals surface area contributed by atoms with Crippen molar-refractivity contribution in [2.45, 2.75) is 13.5 Å². The molecular formula is C12H14N4. The summed E-state index contributed by atoms with van der Waals surface area (Å²) < 4.78 is 0. The molecule has 16 heavy (non-hydrogen) atoms. The molecule has 0 saturated heterocycles. The van der Waals surface area contributed by atoms with Crippen LogP contribution in [0.15, 0.2) is 18.3 Å². The molecule has 1 unspecified atom stereocenters. The maximum absolute atomic E-state index is 8.71. The molecule has 0 bridgehead atoms. The summed E-state index contributed by atoms with van der Waals surface area (Å²) in [6.45, 7) is 3.34. The smallest absolute Gasteiger partial charge is 0.140 e. The number of rotatable bonds is 4. The first kappa shape index (κ1) is 12.2. The van der Waals surface area contributed by atoms with Crippen LogP contribution in [0, 0.1) is 28.6 Å². The molecule has 4 nitrogen and oxygen atoms in total. The molecule has 0 aromatic carbocycles. The molecule has 0 spiro atoms. The normalized spacial score (nSPS) is 11.8. The Hall–Kier alpha value is -1.91. The van der Waals surface area contributed by atoms with Gasteiger partial charge >= 0.3 is 0 Å². The Balaban J connectivity index is 2.60. The summed E-state index contributed by atoms with van der Waals surface area (Å²) in [6.07, 6.45) is 1.63. The van der Waals surface area contributed by atoms with Crippen LogP contribution in [0.25, 0.3) is 0 Å².